The molecule has 0 atom stereocenters. The van der Waals surface area contributed by atoms with E-state index >= 15 is 0 Å². The molecule has 0 saturated heterocycles. The van der Waals surface area contributed by atoms with Gasteiger partial charge in [-0.25, -0.2) is 4.79 Å². The summed E-state index contributed by atoms with van der Waals surface area (Å²) in [5.74, 6) is 3.80. The van der Waals surface area contributed by atoms with Crippen LogP contribution in [0, 0.1) is 11.8 Å². The first-order valence-corrected chi connectivity index (χ1v) is 5.04. The van der Waals surface area contributed by atoms with Gasteiger partial charge in [0.25, 0.3) is 0 Å². The molecule has 17 heavy (non-hydrogen) atoms. The molecule has 0 aliphatic heterocycles. The summed E-state index contributed by atoms with van der Waals surface area (Å²) >= 11 is 0. The van der Waals surface area contributed by atoms with Gasteiger partial charge in [0, 0.05) is 11.5 Å². The van der Waals surface area contributed by atoms with Gasteiger partial charge in [0.15, 0.2) is 0 Å². The molecule has 0 saturated carbocycles. The van der Waals surface area contributed by atoms with Crippen LogP contribution in [0.5, 0.6) is 5.75 Å². The fourth-order valence-corrected chi connectivity index (χ4v) is 1.10. The highest BCUT2D eigenvalue weighted by Crippen LogP contribution is 2.12. The van der Waals surface area contributed by atoms with E-state index in [2.05, 4.69) is 16.6 Å². The number of carbonyl (C=O) groups excluding carboxylic acids is 2. The van der Waals surface area contributed by atoms with Crippen LogP contribution in [-0.2, 0) is 9.53 Å². The molecule has 1 rings (SSSR count). The number of methoxy groups -OCH3 is 1. The van der Waals surface area contributed by atoms with E-state index in [0.29, 0.717) is 17.9 Å². The van der Waals surface area contributed by atoms with Crippen molar-refractivity contribution in [3.8, 4) is 17.6 Å². The summed E-state index contributed by atoms with van der Waals surface area (Å²) in [5, 5.41) is 0. The first-order valence-electron chi connectivity index (χ1n) is 5.04. The topological polar surface area (TPSA) is 52.6 Å². The van der Waals surface area contributed by atoms with E-state index in [1.165, 1.54) is 7.11 Å². The fourth-order valence-electron chi connectivity index (χ4n) is 1.10. The van der Waals surface area contributed by atoms with Crippen molar-refractivity contribution < 1.29 is 19.1 Å². The van der Waals surface area contributed by atoms with Crippen molar-refractivity contribution in [2.24, 2.45) is 0 Å². The van der Waals surface area contributed by atoms with Gasteiger partial charge in [-0.2, -0.15) is 0 Å². The lowest BCUT2D eigenvalue weighted by molar-refractivity contribution is -0.133. The summed E-state index contributed by atoms with van der Waals surface area (Å²) in [5.41, 5.74) is 0.407. The predicted molar refractivity (Wildman–Crippen MR) is 61.7 cm³/mol. The number of Topliss-reactive ketones (excluding diaryl/α,β-unsaturated/α-hetero) is 1. The van der Waals surface area contributed by atoms with E-state index in [4.69, 9.17) is 4.74 Å². The Bertz CT molecular complexity index is 462. The first kappa shape index (κ1) is 12.8. The Hall–Kier alpha value is -2.28. The normalized spacial score (nSPS) is 8.82. The van der Waals surface area contributed by atoms with Gasteiger partial charge in [0.1, 0.15) is 5.75 Å². The van der Waals surface area contributed by atoms with E-state index < -0.39 is 11.8 Å². The van der Waals surface area contributed by atoms with Crippen molar-refractivity contribution in [2.75, 3.05) is 13.7 Å². The Morgan fingerprint density at radius 3 is 2.35 bits per heavy atom. The minimum absolute atomic E-state index is 0.407. The molecule has 0 unspecified atom stereocenters. The van der Waals surface area contributed by atoms with Crippen LogP contribution in [0.4, 0.5) is 0 Å². The quantitative estimate of drug-likeness (QED) is 0.260. The maximum absolute atomic E-state index is 11.5. The summed E-state index contributed by atoms with van der Waals surface area (Å²) in [6, 6.07) is 6.55. The third-order valence-corrected chi connectivity index (χ3v) is 1.89. The Kier molecular flexibility index (Phi) is 4.77. The van der Waals surface area contributed by atoms with Crippen molar-refractivity contribution in [3.05, 3.63) is 29.8 Å². The van der Waals surface area contributed by atoms with Gasteiger partial charge in [0.05, 0.1) is 13.7 Å². The number of ether oxygens (including phenoxy) is 2. The van der Waals surface area contributed by atoms with Crippen LogP contribution in [0.15, 0.2) is 24.3 Å². The molecule has 0 bridgehead atoms. The second-order valence-corrected chi connectivity index (χ2v) is 3.03. The molecule has 1 aromatic rings. The Morgan fingerprint density at radius 2 is 1.82 bits per heavy atom. The molecule has 0 N–H and O–H groups in total. The second-order valence-electron chi connectivity index (χ2n) is 3.03. The lowest BCUT2D eigenvalue weighted by Gasteiger charge is -2.02. The van der Waals surface area contributed by atoms with E-state index in [-0.39, 0.29) is 0 Å². The van der Waals surface area contributed by atoms with Crippen LogP contribution >= 0.6 is 0 Å². The van der Waals surface area contributed by atoms with E-state index in [1.807, 2.05) is 6.92 Å². The van der Waals surface area contributed by atoms with Gasteiger partial charge < -0.3 is 9.47 Å². The van der Waals surface area contributed by atoms with Gasteiger partial charge in [-0.05, 0) is 37.1 Å². The number of benzene rings is 1. The SMILES string of the molecule is CCOc1ccc(C(=O)C#CC(=O)OC)cc1. The predicted octanol–water partition coefficient (Wildman–Crippen LogP) is 1.44. The maximum Gasteiger partial charge on any atom is 0.384 e. The zero-order valence-corrected chi connectivity index (χ0v) is 9.65. The molecule has 0 fully saturated rings. The number of rotatable bonds is 3. The molecule has 4 heteroatoms. The molecule has 4 nitrogen and oxygen atoms in total. The van der Waals surface area contributed by atoms with Crippen molar-refractivity contribution in [2.45, 2.75) is 6.92 Å². The molecule has 0 aromatic heterocycles. The average Bonchev–Trinajstić information content (AvgIpc) is 2.36. The van der Waals surface area contributed by atoms with Crippen molar-refractivity contribution in [3.63, 3.8) is 0 Å². The lowest BCUT2D eigenvalue weighted by Crippen LogP contribution is -1.99. The van der Waals surface area contributed by atoms with Gasteiger partial charge in [-0.1, -0.05) is 0 Å². The smallest absolute Gasteiger partial charge is 0.384 e. The minimum atomic E-state index is -0.732. The molecule has 88 valence electrons. The van der Waals surface area contributed by atoms with E-state index in [9.17, 15) is 9.59 Å². The van der Waals surface area contributed by atoms with Crippen LogP contribution in [-0.4, -0.2) is 25.5 Å². The van der Waals surface area contributed by atoms with Gasteiger partial charge in [-0.3, -0.25) is 4.79 Å². The van der Waals surface area contributed by atoms with Gasteiger partial charge >= 0.3 is 5.97 Å². The number of hydrogen-bond donors (Lipinski definition) is 0. The largest absolute Gasteiger partial charge is 0.494 e. The molecule has 0 radical (unpaired) electrons. The molecule has 0 spiro atoms. The monoisotopic (exact) mass is 232 g/mol. The maximum atomic E-state index is 11.5. The Morgan fingerprint density at radius 1 is 1.18 bits per heavy atom. The lowest BCUT2D eigenvalue weighted by atomic mass is 10.1. The zero-order chi connectivity index (χ0) is 12.7. The Balaban J connectivity index is 2.75. The highest BCUT2D eigenvalue weighted by Gasteiger charge is 2.02. The molecule has 0 aliphatic carbocycles. The summed E-state index contributed by atoms with van der Waals surface area (Å²) in [7, 11) is 1.21. The summed E-state index contributed by atoms with van der Waals surface area (Å²) in [4.78, 5) is 22.2. The van der Waals surface area contributed by atoms with E-state index in [0.717, 1.165) is 0 Å². The number of esters is 1. The first-order chi connectivity index (χ1) is 8.17. The number of ketones is 1. The molecule has 0 heterocycles. The van der Waals surface area contributed by atoms with Gasteiger partial charge in [-0.15, -0.1) is 0 Å². The van der Waals surface area contributed by atoms with Crippen LogP contribution in [0.25, 0.3) is 0 Å². The highest BCUT2D eigenvalue weighted by molar-refractivity contribution is 6.11. The fraction of sp³-hybridized carbons (Fsp3) is 0.231. The van der Waals surface area contributed by atoms with Crippen LogP contribution < -0.4 is 4.74 Å². The molecule has 0 amide bonds. The third-order valence-electron chi connectivity index (χ3n) is 1.89. The molecular weight excluding hydrogens is 220 g/mol. The number of hydrogen-bond acceptors (Lipinski definition) is 4. The van der Waals surface area contributed by atoms with Crippen molar-refractivity contribution in [1.82, 2.24) is 0 Å². The third kappa shape index (κ3) is 3.99. The second kappa shape index (κ2) is 6.33. The number of carbonyl (C=O) groups is 2. The van der Waals surface area contributed by atoms with Crippen LogP contribution in [0.3, 0.4) is 0 Å². The van der Waals surface area contributed by atoms with Crippen molar-refractivity contribution >= 4 is 11.8 Å². The van der Waals surface area contributed by atoms with Crippen LogP contribution in [0.1, 0.15) is 17.3 Å². The molecule has 1 aromatic carbocycles. The highest BCUT2D eigenvalue weighted by atomic mass is 16.5. The zero-order valence-electron chi connectivity index (χ0n) is 9.65. The summed E-state index contributed by atoms with van der Waals surface area (Å²) < 4.78 is 9.54. The molecular formula is C13H12O4. The summed E-state index contributed by atoms with van der Waals surface area (Å²) in [6.07, 6.45) is 0. The van der Waals surface area contributed by atoms with Crippen molar-refractivity contribution in [1.29, 1.82) is 0 Å². The minimum Gasteiger partial charge on any atom is -0.494 e. The Labute approximate surface area is 99.5 Å². The van der Waals surface area contributed by atoms with E-state index in [1.54, 1.807) is 24.3 Å². The standard InChI is InChI=1S/C13H12O4/c1-3-17-11-6-4-10(5-7-11)12(14)8-9-13(15)16-2/h4-7H,3H2,1-2H3. The molecule has 0 aliphatic rings. The van der Waals surface area contributed by atoms with Gasteiger partial charge in [0.2, 0.25) is 5.78 Å². The summed E-state index contributed by atoms with van der Waals surface area (Å²) in [6.45, 7) is 2.44. The van der Waals surface area contributed by atoms with Crippen LogP contribution in [0.2, 0.25) is 0 Å². The average molecular weight is 232 g/mol.